The molecule has 1 aliphatic heterocycles. The minimum Gasteiger partial charge on any atom is -0.507 e. The van der Waals surface area contributed by atoms with Crippen molar-refractivity contribution >= 4 is 5.78 Å². The van der Waals surface area contributed by atoms with E-state index in [4.69, 9.17) is 0 Å². The molecule has 4 bridgehead atoms. The van der Waals surface area contributed by atoms with E-state index in [-0.39, 0.29) is 53.5 Å². The van der Waals surface area contributed by atoms with Gasteiger partial charge in [-0.2, -0.15) is 0 Å². The molecule has 3 N–H and O–H groups in total. The van der Waals surface area contributed by atoms with Crippen LogP contribution in [-0.4, -0.2) is 50.3 Å². The topological polar surface area (TPSA) is 81.0 Å². The number of piperidine rings is 1. The van der Waals surface area contributed by atoms with E-state index in [0.717, 1.165) is 18.9 Å². The van der Waals surface area contributed by atoms with E-state index in [0.29, 0.717) is 11.5 Å². The number of hydrogen-bond acceptors (Lipinski definition) is 5. The van der Waals surface area contributed by atoms with Crippen LogP contribution in [0.1, 0.15) is 35.7 Å². The molecule has 6 heteroatoms. The van der Waals surface area contributed by atoms with Crippen LogP contribution in [0.25, 0.3) is 0 Å². The molecule has 134 valence electrons. The molecule has 3 saturated carbocycles. The number of fused-ring (bicyclic) bond motifs is 3. The van der Waals surface area contributed by atoms with Crippen molar-refractivity contribution in [2.75, 3.05) is 0 Å². The summed E-state index contributed by atoms with van der Waals surface area (Å²) in [6.07, 6.45) is 0.935. The number of benzene rings is 1. The second kappa shape index (κ2) is 5.02. The Labute approximate surface area is 145 Å². The molecule has 0 aromatic heterocycles. The van der Waals surface area contributed by atoms with Crippen LogP contribution in [0.2, 0.25) is 0 Å². The lowest BCUT2D eigenvalue weighted by molar-refractivity contribution is -0.102. The van der Waals surface area contributed by atoms with Gasteiger partial charge < -0.3 is 15.3 Å². The van der Waals surface area contributed by atoms with Crippen molar-refractivity contribution in [3.63, 3.8) is 0 Å². The average Bonchev–Trinajstić information content (AvgIpc) is 3.12. The Hall–Kier alpha value is -1.50. The first-order valence-corrected chi connectivity index (χ1v) is 9.02. The molecule has 0 unspecified atom stereocenters. The van der Waals surface area contributed by atoms with E-state index in [1.807, 2.05) is 0 Å². The second-order valence-electron chi connectivity index (χ2n) is 8.27. The summed E-state index contributed by atoms with van der Waals surface area (Å²) in [4.78, 5) is 13.7. The Morgan fingerprint density at radius 2 is 1.96 bits per heavy atom. The molecule has 5 rings (SSSR count). The molecule has 8 atom stereocenters. The van der Waals surface area contributed by atoms with Gasteiger partial charge in [0.2, 0.25) is 0 Å². The average molecular weight is 347 g/mol. The first kappa shape index (κ1) is 15.7. The fourth-order valence-corrected chi connectivity index (χ4v) is 6.49. The first-order valence-electron chi connectivity index (χ1n) is 9.02. The van der Waals surface area contributed by atoms with Gasteiger partial charge in [-0.15, -0.1) is 0 Å². The van der Waals surface area contributed by atoms with Gasteiger partial charge in [-0.25, -0.2) is 4.39 Å². The van der Waals surface area contributed by atoms with Crippen LogP contribution in [0, 0.1) is 29.5 Å². The van der Waals surface area contributed by atoms with E-state index in [9.17, 15) is 24.5 Å². The van der Waals surface area contributed by atoms with E-state index >= 15 is 0 Å². The highest BCUT2D eigenvalue weighted by Gasteiger charge is 2.69. The van der Waals surface area contributed by atoms with Gasteiger partial charge >= 0.3 is 0 Å². The number of carbonyl (C=O) groups is 1. The van der Waals surface area contributed by atoms with Crippen molar-refractivity contribution in [2.45, 2.75) is 50.6 Å². The van der Waals surface area contributed by atoms with Gasteiger partial charge in [0.25, 0.3) is 0 Å². The zero-order valence-corrected chi connectivity index (χ0v) is 14.0. The molecule has 5 nitrogen and oxygen atoms in total. The van der Waals surface area contributed by atoms with Crippen LogP contribution >= 0.6 is 0 Å². The lowest BCUT2D eigenvalue weighted by Crippen LogP contribution is -2.60. The van der Waals surface area contributed by atoms with Gasteiger partial charge in [0.05, 0.1) is 17.8 Å². The number of carbonyl (C=O) groups excluding carboxylic acids is 1. The molecular formula is C19H22FNO4. The molecule has 3 aliphatic carbocycles. The number of aliphatic hydroxyl groups is 2. The zero-order valence-electron chi connectivity index (χ0n) is 14.0. The van der Waals surface area contributed by atoms with Gasteiger partial charge in [-0.05, 0) is 55.6 Å². The summed E-state index contributed by atoms with van der Waals surface area (Å²) in [5.41, 5.74) is 0.321. The van der Waals surface area contributed by atoms with Crippen molar-refractivity contribution in [3.8, 4) is 5.75 Å². The fourth-order valence-electron chi connectivity index (χ4n) is 6.49. The minimum absolute atomic E-state index is 0.0222. The van der Waals surface area contributed by atoms with Crippen LogP contribution in [0.15, 0.2) is 12.1 Å². The van der Waals surface area contributed by atoms with Crippen LogP contribution < -0.4 is 0 Å². The van der Waals surface area contributed by atoms with Crippen molar-refractivity contribution in [1.29, 1.82) is 0 Å². The molecule has 4 aliphatic rings. The Balaban J connectivity index is 1.54. The van der Waals surface area contributed by atoms with E-state index in [2.05, 4.69) is 4.90 Å². The third-order valence-electron chi connectivity index (χ3n) is 7.31. The molecule has 1 aromatic carbocycles. The maximum atomic E-state index is 14.0. The number of hydrogen-bond donors (Lipinski definition) is 3. The van der Waals surface area contributed by atoms with Crippen molar-refractivity contribution in [3.05, 3.63) is 29.1 Å². The van der Waals surface area contributed by atoms with Gasteiger partial charge in [-0.1, -0.05) is 0 Å². The number of aliphatic hydroxyl groups excluding tert-OH is 2. The van der Waals surface area contributed by atoms with Gasteiger partial charge in [-0.3, -0.25) is 9.69 Å². The Morgan fingerprint density at radius 3 is 2.68 bits per heavy atom. The maximum absolute atomic E-state index is 14.0. The predicted octanol–water partition coefficient (Wildman–Crippen LogP) is 1.29. The summed E-state index contributed by atoms with van der Waals surface area (Å²) in [5.74, 6) is 0.0129. The molecule has 1 aromatic rings. The van der Waals surface area contributed by atoms with Crippen molar-refractivity contribution in [2.24, 2.45) is 23.7 Å². The number of nitrogens with zero attached hydrogens (tertiary/aromatic N) is 1. The molecule has 4 fully saturated rings. The monoisotopic (exact) mass is 347 g/mol. The number of Topliss-reactive ketones (excluding diaryl/α,β-unsaturated/α-hetero) is 1. The number of likely N-dealkylation sites (tertiary alicyclic amines) is 1. The highest BCUT2D eigenvalue weighted by Crippen LogP contribution is 2.64. The first-order chi connectivity index (χ1) is 11.9. The normalized spacial score (nSPS) is 44.0. The summed E-state index contributed by atoms with van der Waals surface area (Å²) in [7, 11) is 0. The minimum atomic E-state index is -0.561. The summed E-state index contributed by atoms with van der Waals surface area (Å²) < 4.78 is 14.0. The standard InChI is InChI=1S/C19H22FNO4/c1-7(22)10-3-9(20)2-8(17(10)23)6-21-14-5-11-12-4-13(15(11)19(14)25)16(21)18(12)24/h2-3,11-16,18-19,23-25H,4-6H2,1H3/t11-,12-,13+,14+,15+,16-,18+,19-/m1/s1. The predicted molar refractivity (Wildman–Crippen MR) is 86.4 cm³/mol. The van der Waals surface area contributed by atoms with Gasteiger partial charge in [0.15, 0.2) is 5.78 Å². The third-order valence-corrected chi connectivity index (χ3v) is 7.31. The molecule has 1 heterocycles. The van der Waals surface area contributed by atoms with Crippen molar-refractivity contribution < 1.29 is 24.5 Å². The van der Waals surface area contributed by atoms with Crippen molar-refractivity contribution in [1.82, 2.24) is 4.90 Å². The number of rotatable bonds is 3. The third kappa shape index (κ3) is 1.90. The summed E-state index contributed by atoms with van der Waals surface area (Å²) >= 11 is 0. The lowest BCUT2D eigenvalue weighted by Gasteiger charge is -2.48. The Kier molecular flexibility index (Phi) is 3.16. The van der Waals surface area contributed by atoms with E-state index in [1.165, 1.54) is 13.0 Å². The summed E-state index contributed by atoms with van der Waals surface area (Å²) in [6, 6.07) is 2.18. The highest BCUT2D eigenvalue weighted by atomic mass is 19.1. The lowest BCUT2D eigenvalue weighted by atomic mass is 9.75. The molecule has 25 heavy (non-hydrogen) atoms. The quantitative estimate of drug-likeness (QED) is 0.718. The Morgan fingerprint density at radius 1 is 1.20 bits per heavy atom. The molecular weight excluding hydrogens is 325 g/mol. The van der Waals surface area contributed by atoms with Gasteiger partial charge in [0.1, 0.15) is 11.6 Å². The van der Waals surface area contributed by atoms with E-state index < -0.39 is 18.0 Å². The highest BCUT2D eigenvalue weighted by molar-refractivity contribution is 5.97. The van der Waals surface area contributed by atoms with Gasteiger partial charge in [0, 0.05) is 24.2 Å². The largest absolute Gasteiger partial charge is 0.507 e. The summed E-state index contributed by atoms with van der Waals surface area (Å²) in [6.45, 7) is 1.53. The number of phenols is 1. The van der Waals surface area contributed by atoms with Crippen LogP contribution in [-0.2, 0) is 6.54 Å². The zero-order chi connectivity index (χ0) is 17.6. The summed E-state index contributed by atoms with van der Waals surface area (Å²) in [5, 5.41) is 31.9. The number of ketones is 1. The van der Waals surface area contributed by atoms with Crippen LogP contribution in [0.4, 0.5) is 4.39 Å². The smallest absolute Gasteiger partial charge is 0.163 e. The maximum Gasteiger partial charge on any atom is 0.163 e. The SMILES string of the molecule is CC(=O)c1cc(F)cc(CN2[C@H]3[C@@H](O)[C@@H]4C[C@H]3[C@H]3[C@H](O)[C@@H]2C[C@H]43)c1O. The van der Waals surface area contributed by atoms with E-state index in [1.54, 1.807) is 0 Å². The molecule has 0 radical (unpaired) electrons. The molecule has 0 amide bonds. The Bertz CT molecular complexity index is 768. The molecule has 0 spiro atoms. The van der Waals surface area contributed by atoms with Crippen LogP contribution in [0.3, 0.4) is 0 Å². The number of halogens is 1. The van der Waals surface area contributed by atoms with Crippen LogP contribution in [0.5, 0.6) is 5.75 Å². The molecule has 1 saturated heterocycles. The number of phenolic OH excluding ortho intramolecular Hbond substituents is 1. The second-order valence-corrected chi connectivity index (χ2v) is 8.27. The number of aromatic hydroxyl groups is 1. The fraction of sp³-hybridized carbons (Fsp3) is 0.632.